The Morgan fingerprint density at radius 1 is 0.976 bits per heavy atom. The van der Waals surface area contributed by atoms with Gasteiger partial charge >= 0.3 is 0 Å². The lowest BCUT2D eigenvalue weighted by atomic mass is 9.85. The average Bonchev–Trinajstić information content (AvgIpc) is 3.73. The summed E-state index contributed by atoms with van der Waals surface area (Å²) >= 11 is 15.8. The molecule has 0 radical (unpaired) electrons. The maximum atomic E-state index is 14.2. The molecule has 0 fully saturated rings. The fraction of sp³-hybridized carbons (Fsp3) is 0.118. The molecule has 6 aromatic rings. The maximum Gasteiger partial charge on any atom is 0.271 e. The second-order valence-electron chi connectivity index (χ2n) is 10.6. The molecular weight excluding hydrogens is 601 g/mol. The molecule has 1 aliphatic heterocycles. The van der Waals surface area contributed by atoms with Gasteiger partial charge in [-0.05, 0) is 65.3 Å². The van der Waals surface area contributed by atoms with Crippen molar-refractivity contribution in [2.45, 2.75) is 25.4 Å². The number of halogens is 2. The zero-order chi connectivity index (χ0) is 28.4. The van der Waals surface area contributed by atoms with Gasteiger partial charge < -0.3 is 4.57 Å². The summed E-state index contributed by atoms with van der Waals surface area (Å²) in [6, 6.07) is 26.4. The number of thiophene rings is 1. The third-order valence-corrected chi connectivity index (χ3v) is 10.6. The second kappa shape index (κ2) is 10.2. The van der Waals surface area contributed by atoms with Crippen molar-refractivity contribution in [2.75, 3.05) is 0 Å². The Morgan fingerprint density at radius 3 is 2.69 bits per heavy atom. The van der Waals surface area contributed by atoms with Gasteiger partial charge in [-0.1, -0.05) is 89.1 Å². The largest absolute Gasteiger partial charge is 0.342 e. The van der Waals surface area contributed by atoms with Crippen molar-refractivity contribution in [3.05, 3.63) is 153 Å². The number of fused-ring (bicyclic) bond motifs is 4. The van der Waals surface area contributed by atoms with Gasteiger partial charge in [-0.3, -0.25) is 9.36 Å². The Labute approximate surface area is 259 Å². The Hall–Kier alpha value is -3.68. The Balaban J connectivity index is 1.30. The number of aryl methyl sites for hydroxylation is 1. The topological polar surface area (TPSA) is 39.3 Å². The molecule has 8 rings (SSSR count). The number of benzene rings is 3. The lowest BCUT2D eigenvalue weighted by Gasteiger charge is -2.30. The average molecular weight is 625 g/mol. The SMILES string of the molecule is O=c1/c(=C\c2cn(Cc3ccc(Cl)cc3Cl)c3ccccc23)sc2n1C(c1cccs1)C1=C(N=2)c2ccccc2CC1. The first-order chi connectivity index (χ1) is 20.5. The quantitative estimate of drug-likeness (QED) is 0.198. The molecule has 0 amide bonds. The van der Waals surface area contributed by atoms with E-state index in [2.05, 4.69) is 64.7 Å². The van der Waals surface area contributed by atoms with Gasteiger partial charge in [-0.25, -0.2) is 4.99 Å². The zero-order valence-corrected chi connectivity index (χ0v) is 25.4. The lowest BCUT2D eigenvalue weighted by molar-refractivity contribution is 0.593. The Morgan fingerprint density at radius 2 is 1.83 bits per heavy atom. The molecule has 0 N–H and O–H groups in total. The first-order valence-corrected chi connectivity index (χ1v) is 16.2. The van der Waals surface area contributed by atoms with Gasteiger partial charge in [0.2, 0.25) is 0 Å². The molecule has 1 atom stereocenters. The molecule has 4 nitrogen and oxygen atoms in total. The Bertz CT molecular complexity index is 2240. The van der Waals surface area contributed by atoms with Crippen molar-refractivity contribution in [1.29, 1.82) is 0 Å². The van der Waals surface area contributed by atoms with E-state index in [1.54, 1.807) is 17.4 Å². The fourth-order valence-electron chi connectivity index (χ4n) is 6.21. The van der Waals surface area contributed by atoms with Crippen LogP contribution in [0.4, 0.5) is 0 Å². The number of rotatable bonds is 4. The molecule has 4 heterocycles. The molecule has 0 bridgehead atoms. The van der Waals surface area contributed by atoms with Crippen LogP contribution in [0.3, 0.4) is 0 Å². The zero-order valence-electron chi connectivity index (χ0n) is 22.3. The number of allylic oxidation sites excluding steroid dienone is 1. The summed E-state index contributed by atoms with van der Waals surface area (Å²) in [7, 11) is 0. The van der Waals surface area contributed by atoms with Crippen LogP contribution in [0.2, 0.25) is 10.0 Å². The number of nitrogens with zero attached hydrogens (tertiary/aromatic N) is 3. The molecule has 1 unspecified atom stereocenters. The molecule has 3 aromatic carbocycles. The summed E-state index contributed by atoms with van der Waals surface area (Å²) < 4.78 is 4.77. The van der Waals surface area contributed by atoms with E-state index in [9.17, 15) is 4.79 Å². The van der Waals surface area contributed by atoms with E-state index in [-0.39, 0.29) is 11.6 Å². The van der Waals surface area contributed by atoms with Crippen LogP contribution in [0.5, 0.6) is 0 Å². The Kier molecular flexibility index (Phi) is 6.34. The van der Waals surface area contributed by atoms with Gasteiger partial charge in [0.25, 0.3) is 5.56 Å². The van der Waals surface area contributed by atoms with Gasteiger partial charge in [0.05, 0.1) is 16.3 Å². The number of aromatic nitrogens is 2. The number of hydrogen-bond acceptors (Lipinski definition) is 4. The standard InChI is InChI=1S/C34H23Cl2N3OS2/c35-23-13-11-21(27(36)17-23)18-38-19-22(24-7-3-4-9-28(24)38)16-30-33(40)39-32(29-10-5-15-41-29)26-14-12-20-6-1-2-8-25(20)31(26)37-34(39)42-30/h1-11,13,15-17,19,32H,12,14,18H2/b30-16+. The van der Waals surface area contributed by atoms with Crippen molar-refractivity contribution in [2.24, 2.45) is 4.99 Å². The molecule has 8 heteroatoms. The second-order valence-corrected chi connectivity index (χ2v) is 13.4. The van der Waals surface area contributed by atoms with Gasteiger partial charge in [0.15, 0.2) is 4.80 Å². The van der Waals surface area contributed by atoms with Crippen LogP contribution in [0, 0.1) is 0 Å². The van der Waals surface area contributed by atoms with Crippen LogP contribution in [0.1, 0.15) is 39.6 Å². The molecule has 0 spiro atoms. The summed E-state index contributed by atoms with van der Waals surface area (Å²) in [6.07, 6.45) is 5.97. The highest BCUT2D eigenvalue weighted by Gasteiger charge is 2.33. The molecule has 42 heavy (non-hydrogen) atoms. The van der Waals surface area contributed by atoms with Gasteiger partial charge in [-0.2, -0.15) is 0 Å². The van der Waals surface area contributed by atoms with Crippen LogP contribution in [0.15, 0.2) is 106 Å². The van der Waals surface area contributed by atoms with E-state index in [4.69, 9.17) is 28.2 Å². The highest BCUT2D eigenvalue weighted by atomic mass is 35.5. The van der Waals surface area contributed by atoms with Gasteiger partial charge in [-0.15, -0.1) is 11.3 Å². The van der Waals surface area contributed by atoms with Crippen molar-refractivity contribution < 1.29 is 0 Å². The van der Waals surface area contributed by atoms with Crippen LogP contribution in [-0.2, 0) is 13.0 Å². The van der Waals surface area contributed by atoms with E-state index >= 15 is 0 Å². The smallest absolute Gasteiger partial charge is 0.271 e. The molecule has 1 aliphatic carbocycles. The summed E-state index contributed by atoms with van der Waals surface area (Å²) in [4.78, 5) is 21.2. The summed E-state index contributed by atoms with van der Waals surface area (Å²) in [6.45, 7) is 0.593. The minimum atomic E-state index is -0.139. The van der Waals surface area contributed by atoms with Crippen molar-refractivity contribution in [3.63, 3.8) is 0 Å². The summed E-state index contributed by atoms with van der Waals surface area (Å²) in [5, 5.41) is 4.41. The highest BCUT2D eigenvalue weighted by molar-refractivity contribution is 7.10. The molecule has 206 valence electrons. The van der Waals surface area contributed by atoms with E-state index in [0.717, 1.165) is 45.4 Å². The van der Waals surface area contributed by atoms with Crippen LogP contribution in [0.25, 0.3) is 22.7 Å². The molecule has 2 aliphatic rings. The van der Waals surface area contributed by atoms with E-state index in [0.29, 0.717) is 21.1 Å². The third-order valence-electron chi connectivity index (χ3n) is 8.15. The summed E-state index contributed by atoms with van der Waals surface area (Å²) in [5.74, 6) is 0. The van der Waals surface area contributed by atoms with Crippen LogP contribution in [-0.4, -0.2) is 9.13 Å². The van der Waals surface area contributed by atoms with Crippen molar-refractivity contribution in [3.8, 4) is 0 Å². The van der Waals surface area contributed by atoms with Gasteiger partial charge in [0.1, 0.15) is 0 Å². The van der Waals surface area contributed by atoms with E-state index in [1.165, 1.54) is 32.9 Å². The van der Waals surface area contributed by atoms with Crippen molar-refractivity contribution in [1.82, 2.24) is 9.13 Å². The monoisotopic (exact) mass is 623 g/mol. The molecule has 0 saturated carbocycles. The van der Waals surface area contributed by atoms with Crippen LogP contribution < -0.4 is 14.9 Å². The molecule has 3 aromatic heterocycles. The predicted molar refractivity (Wildman–Crippen MR) is 175 cm³/mol. The molecular formula is C34H23Cl2N3OS2. The highest BCUT2D eigenvalue weighted by Crippen LogP contribution is 2.42. The first-order valence-electron chi connectivity index (χ1n) is 13.7. The predicted octanol–water partition coefficient (Wildman–Crippen LogP) is 7.69. The number of thiazole rings is 1. The van der Waals surface area contributed by atoms with Crippen molar-refractivity contribution >= 4 is 68.6 Å². The lowest BCUT2D eigenvalue weighted by Crippen LogP contribution is -2.38. The summed E-state index contributed by atoms with van der Waals surface area (Å²) in [5.41, 5.74) is 7.80. The number of para-hydroxylation sites is 1. The van der Waals surface area contributed by atoms with Crippen LogP contribution >= 0.6 is 45.9 Å². The fourth-order valence-corrected chi connectivity index (χ4v) is 8.52. The minimum Gasteiger partial charge on any atom is -0.342 e. The minimum absolute atomic E-state index is 0.000125. The molecule has 0 saturated heterocycles. The first kappa shape index (κ1) is 26.0. The third kappa shape index (κ3) is 4.24. The normalized spacial score (nSPS) is 16.3. The van der Waals surface area contributed by atoms with Gasteiger partial charge in [0, 0.05) is 49.7 Å². The maximum absolute atomic E-state index is 14.2. The van der Waals surface area contributed by atoms with E-state index < -0.39 is 0 Å². The van der Waals surface area contributed by atoms with E-state index in [1.807, 2.05) is 34.9 Å². The number of hydrogen-bond donors (Lipinski definition) is 0.